The van der Waals surface area contributed by atoms with Crippen LogP contribution in [0.3, 0.4) is 0 Å². The van der Waals surface area contributed by atoms with Gasteiger partial charge in [0, 0.05) is 7.11 Å². The maximum absolute atomic E-state index is 6.55. The standard InChI is InChI=1S/C23H15I3O5/c1-27-10-28-9-8-23-17-14-5-2-11(24)20(17)30-16-7-4-13(26)22(19(16)23)31-21-12(25)3-6-15(29-14)18(21)23/h2-7H,8-10H2,1H3. The Morgan fingerprint density at radius 3 is 1.71 bits per heavy atom. The summed E-state index contributed by atoms with van der Waals surface area (Å²) in [6.07, 6.45) is 0.715. The monoisotopic (exact) mass is 752 g/mol. The lowest BCUT2D eigenvalue weighted by molar-refractivity contribution is -0.0343. The van der Waals surface area contributed by atoms with Crippen LogP contribution in [0.2, 0.25) is 0 Å². The van der Waals surface area contributed by atoms with Crippen molar-refractivity contribution in [1.29, 1.82) is 0 Å². The topological polar surface area (TPSA) is 46.2 Å². The van der Waals surface area contributed by atoms with Crippen molar-refractivity contribution in [2.75, 3.05) is 20.5 Å². The second-order valence-corrected chi connectivity index (χ2v) is 11.0. The molecule has 1 unspecified atom stereocenters. The molecule has 0 saturated carbocycles. The van der Waals surface area contributed by atoms with Gasteiger partial charge < -0.3 is 23.7 Å². The Morgan fingerprint density at radius 1 is 0.710 bits per heavy atom. The first-order valence-corrected chi connectivity index (χ1v) is 12.9. The molecule has 158 valence electrons. The first-order valence-electron chi connectivity index (χ1n) is 9.65. The third-order valence-electron chi connectivity index (χ3n) is 5.95. The zero-order chi connectivity index (χ0) is 21.3. The predicted octanol–water partition coefficient (Wildman–Crippen LogP) is 7.16. The van der Waals surface area contributed by atoms with Gasteiger partial charge >= 0.3 is 0 Å². The molecule has 0 spiro atoms. The molecular formula is C23H15I3O5. The molecule has 1 atom stereocenters. The van der Waals surface area contributed by atoms with Crippen LogP contribution in [-0.4, -0.2) is 20.5 Å². The van der Waals surface area contributed by atoms with Crippen LogP contribution in [0.15, 0.2) is 36.4 Å². The van der Waals surface area contributed by atoms with Crippen LogP contribution in [-0.2, 0) is 14.9 Å². The largest absolute Gasteiger partial charge is 0.456 e. The smallest absolute Gasteiger partial charge is 0.149 e. The van der Waals surface area contributed by atoms with Crippen LogP contribution in [0.25, 0.3) is 0 Å². The van der Waals surface area contributed by atoms with Crippen LogP contribution in [0.4, 0.5) is 0 Å². The van der Waals surface area contributed by atoms with Crippen molar-refractivity contribution in [1.82, 2.24) is 0 Å². The number of hydrogen-bond acceptors (Lipinski definition) is 5. The number of hydrogen-bond donors (Lipinski definition) is 0. The first-order chi connectivity index (χ1) is 15.1. The van der Waals surface area contributed by atoms with E-state index in [1.165, 1.54) is 0 Å². The van der Waals surface area contributed by atoms with Crippen molar-refractivity contribution in [3.63, 3.8) is 0 Å². The van der Waals surface area contributed by atoms with E-state index in [2.05, 4.69) is 67.8 Å². The molecule has 5 nitrogen and oxygen atoms in total. The molecule has 8 heteroatoms. The molecule has 0 fully saturated rings. The molecule has 3 aromatic carbocycles. The minimum atomic E-state index is -0.494. The highest BCUT2D eigenvalue weighted by Gasteiger charge is 2.56. The van der Waals surface area contributed by atoms with Gasteiger partial charge in [-0.1, -0.05) is 0 Å². The Hall–Kier alpha value is -0.830. The van der Waals surface area contributed by atoms with Crippen molar-refractivity contribution >= 4 is 67.8 Å². The number of ether oxygens (including phenoxy) is 5. The fourth-order valence-corrected chi connectivity index (χ4v) is 6.51. The van der Waals surface area contributed by atoms with Gasteiger partial charge in [-0.05, 0) is 111 Å². The normalized spacial score (nSPS) is 18.6. The van der Waals surface area contributed by atoms with Crippen LogP contribution in [0.5, 0.6) is 34.5 Å². The van der Waals surface area contributed by atoms with E-state index < -0.39 is 5.41 Å². The molecule has 31 heavy (non-hydrogen) atoms. The summed E-state index contributed by atoms with van der Waals surface area (Å²) in [5.41, 5.74) is 2.66. The second-order valence-electron chi connectivity index (χ2n) is 7.53. The Bertz CT molecular complexity index is 1220. The lowest BCUT2D eigenvalue weighted by Gasteiger charge is -2.48. The molecule has 6 rings (SSSR count). The van der Waals surface area contributed by atoms with Gasteiger partial charge in [0.1, 0.15) is 41.3 Å². The maximum atomic E-state index is 6.55. The molecular weight excluding hydrogens is 737 g/mol. The highest BCUT2D eigenvalue weighted by atomic mass is 127. The Kier molecular flexibility index (Phi) is 5.09. The zero-order valence-electron chi connectivity index (χ0n) is 16.3. The molecule has 3 aliphatic rings. The van der Waals surface area contributed by atoms with Crippen molar-refractivity contribution in [3.8, 4) is 34.5 Å². The molecule has 3 aromatic rings. The van der Waals surface area contributed by atoms with Gasteiger partial charge in [0.25, 0.3) is 0 Å². The van der Waals surface area contributed by atoms with Crippen LogP contribution >= 0.6 is 67.8 Å². The van der Waals surface area contributed by atoms with Crippen LogP contribution < -0.4 is 14.2 Å². The highest BCUT2D eigenvalue weighted by molar-refractivity contribution is 14.1. The lowest BCUT2D eigenvalue weighted by Crippen LogP contribution is -2.40. The molecule has 0 saturated heterocycles. The summed E-state index contributed by atoms with van der Waals surface area (Å²) < 4.78 is 33.5. The summed E-state index contributed by atoms with van der Waals surface area (Å²) in [6.45, 7) is 0.774. The van der Waals surface area contributed by atoms with Crippen molar-refractivity contribution in [3.05, 3.63) is 63.8 Å². The number of rotatable bonds is 5. The van der Waals surface area contributed by atoms with Gasteiger partial charge in [-0.2, -0.15) is 0 Å². The Balaban J connectivity index is 1.73. The van der Waals surface area contributed by atoms with Gasteiger partial charge in [-0.3, -0.25) is 0 Å². The van der Waals surface area contributed by atoms with E-state index in [0.29, 0.717) is 13.0 Å². The summed E-state index contributed by atoms with van der Waals surface area (Å²) in [5, 5.41) is 0. The molecule has 0 amide bonds. The molecule has 0 radical (unpaired) electrons. The molecule has 0 bridgehead atoms. The SMILES string of the molecule is COCOCCC12c3c4ccc(I)c3Oc3ccc(I)c(c31)Oc1c(I)ccc(c12)O4. The molecule has 0 N–H and O–H groups in total. The number of halogens is 3. The molecule has 0 aromatic heterocycles. The van der Waals surface area contributed by atoms with E-state index in [1.54, 1.807) is 7.11 Å². The Labute approximate surface area is 220 Å². The summed E-state index contributed by atoms with van der Waals surface area (Å²) in [4.78, 5) is 0. The quantitative estimate of drug-likeness (QED) is 0.123. The lowest BCUT2D eigenvalue weighted by atomic mass is 9.63. The van der Waals surface area contributed by atoms with Gasteiger partial charge in [0.2, 0.25) is 0 Å². The zero-order valence-corrected chi connectivity index (χ0v) is 22.7. The molecule has 0 aliphatic carbocycles. The van der Waals surface area contributed by atoms with Crippen LogP contribution in [0.1, 0.15) is 23.1 Å². The summed E-state index contributed by atoms with van der Waals surface area (Å²) >= 11 is 7.02. The van der Waals surface area contributed by atoms with E-state index in [-0.39, 0.29) is 6.79 Å². The van der Waals surface area contributed by atoms with Gasteiger partial charge in [0.15, 0.2) is 0 Å². The van der Waals surface area contributed by atoms with E-state index in [1.807, 2.05) is 36.4 Å². The number of methoxy groups -OCH3 is 1. The molecule has 3 aliphatic heterocycles. The van der Waals surface area contributed by atoms with Crippen molar-refractivity contribution < 1.29 is 23.7 Å². The first kappa shape index (κ1) is 20.8. The van der Waals surface area contributed by atoms with Crippen molar-refractivity contribution in [2.24, 2.45) is 0 Å². The van der Waals surface area contributed by atoms with Crippen molar-refractivity contribution in [2.45, 2.75) is 11.8 Å². The average Bonchev–Trinajstić information content (AvgIpc) is 2.77. The van der Waals surface area contributed by atoms with Gasteiger partial charge in [-0.15, -0.1) is 0 Å². The summed E-state index contributed by atoms with van der Waals surface area (Å²) in [5.74, 6) is 5.01. The summed E-state index contributed by atoms with van der Waals surface area (Å²) in [6, 6.07) is 12.3. The average molecular weight is 752 g/mol. The second kappa shape index (κ2) is 7.61. The van der Waals surface area contributed by atoms with Gasteiger partial charge in [0.05, 0.1) is 39.4 Å². The van der Waals surface area contributed by atoms with E-state index in [9.17, 15) is 0 Å². The Morgan fingerprint density at radius 2 is 1.19 bits per heavy atom. The minimum absolute atomic E-state index is 0.254. The fraction of sp³-hybridized carbons (Fsp3) is 0.217. The highest BCUT2D eigenvalue weighted by Crippen LogP contribution is 2.68. The van der Waals surface area contributed by atoms with E-state index in [4.69, 9.17) is 23.7 Å². The third kappa shape index (κ3) is 2.83. The maximum Gasteiger partial charge on any atom is 0.149 e. The predicted molar refractivity (Wildman–Crippen MR) is 140 cm³/mol. The van der Waals surface area contributed by atoms with Crippen LogP contribution in [0, 0.1) is 10.7 Å². The third-order valence-corrected chi connectivity index (χ3v) is 8.50. The fourth-order valence-electron chi connectivity index (χ4n) is 4.83. The van der Waals surface area contributed by atoms with Gasteiger partial charge in [-0.25, -0.2) is 0 Å². The number of benzene rings is 3. The molecule has 3 heterocycles. The minimum Gasteiger partial charge on any atom is -0.456 e. The van der Waals surface area contributed by atoms with E-state index >= 15 is 0 Å². The van der Waals surface area contributed by atoms with E-state index in [0.717, 1.165) is 61.9 Å². The summed E-state index contributed by atoms with van der Waals surface area (Å²) in [7, 11) is 1.64.